The van der Waals surface area contributed by atoms with Gasteiger partial charge in [-0.05, 0) is 17.7 Å². The van der Waals surface area contributed by atoms with E-state index >= 15 is 0 Å². The molecule has 1 heterocycles. The molecule has 2 aromatic carbocycles. The maximum Gasteiger partial charge on any atom is 0.407 e. The van der Waals surface area contributed by atoms with Crippen molar-refractivity contribution in [2.75, 3.05) is 6.61 Å². The number of aryl methyl sites for hydroxylation is 1. The van der Waals surface area contributed by atoms with E-state index in [-0.39, 0.29) is 12.2 Å². The molecule has 0 atom stereocenters. The maximum atomic E-state index is 12.2. The minimum Gasteiger partial charge on any atom is -0.449 e. The van der Waals surface area contributed by atoms with E-state index in [1.54, 1.807) is 3.96 Å². The van der Waals surface area contributed by atoms with E-state index in [2.05, 4.69) is 5.32 Å². The molecule has 24 heavy (non-hydrogen) atoms. The Morgan fingerprint density at radius 2 is 1.83 bits per heavy atom. The summed E-state index contributed by atoms with van der Waals surface area (Å²) in [5, 5.41) is 3.44. The van der Waals surface area contributed by atoms with E-state index in [0.717, 1.165) is 15.6 Å². The highest BCUT2D eigenvalue weighted by molar-refractivity contribution is 7.13. The summed E-state index contributed by atoms with van der Waals surface area (Å²) in [6.45, 7) is 1.26. The van der Waals surface area contributed by atoms with E-state index in [9.17, 15) is 9.59 Å². The van der Waals surface area contributed by atoms with Crippen molar-refractivity contribution < 1.29 is 9.53 Å². The van der Waals surface area contributed by atoms with Gasteiger partial charge < -0.3 is 10.1 Å². The van der Waals surface area contributed by atoms with Gasteiger partial charge in [-0.1, -0.05) is 54.0 Å². The van der Waals surface area contributed by atoms with Crippen molar-refractivity contribution in [3.63, 3.8) is 0 Å². The monoisotopic (exact) mass is 342 g/mol. The number of alkyl carbamates (subject to hydrolysis) is 1. The van der Waals surface area contributed by atoms with Gasteiger partial charge in [-0.2, -0.15) is 0 Å². The summed E-state index contributed by atoms with van der Waals surface area (Å²) >= 11 is 1.44. The highest BCUT2D eigenvalue weighted by Gasteiger charge is 2.07. The SMILES string of the molecule is O=C(NCc1ccccc1)OCCCn1sc2ccccc2c1=O. The molecular weight excluding hydrogens is 324 g/mol. The fraction of sp³-hybridized carbons (Fsp3) is 0.222. The highest BCUT2D eigenvalue weighted by atomic mass is 32.1. The van der Waals surface area contributed by atoms with Crippen molar-refractivity contribution >= 4 is 27.7 Å². The first kappa shape index (κ1) is 16.3. The molecule has 0 aliphatic carbocycles. The smallest absolute Gasteiger partial charge is 0.407 e. The zero-order chi connectivity index (χ0) is 16.8. The summed E-state index contributed by atoms with van der Waals surface area (Å²) in [4.78, 5) is 23.8. The minimum absolute atomic E-state index is 0.0177. The third-order valence-corrected chi connectivity index (χ3v) is 4.69. The molecule has 0 saturated heterocycles. The summed E-state index contributed by atoms with van der Waals surface area (Å²) in [5.41, 5.74) is 1.04. The van der Waals surface area contributed by atoms with Crippen LogP contribution in [0.25, 0.3) is 10.1 Å². The van der Waals surface area contributed by atoms with Gasteiger partial charge in [-0.3, -0.25) is 8.75 Å². The zero-order valence-corrected chi connectivity index (χ0v) is 13.9. The van der Waals surface area contributed by atoms with Gasteiger partial charge in [0.05, 0.1) is 16.7 Å². The van der Waals surface area contributed by atoms with Crippen molar-refractivity contribution in [1.82, 2.24) is 9.27 Å². The number of amides is 1. The molecule has 0 aliphatic heterocycles. The van der Waals surface area contributed by atoms with Crippen molar-refractivity contribution in [2.24, 2.45) is 0 Å². The third kappa shape index (κ3) is 4.02. The second-order valence-corrected chi connectivity index (χ2v) is 6.39. The van der Waals surface area contributed by atoms with Crippen LogP contribution in [0.5, 0.6) is 0 Å². The highest BCUT2D eigenvalue weighted by Crippen LogP contribution is 2.15. The molecular formula is C18H18N2O3S. The number of carbonyl (C=O) groups excluding carboxylic acids is 1. The Morgan fingerprint density at radius 3 is 2.62 bits per heavy atom. The Bertz CT molecular complexity index is 871. The number of benzene rings is 2. The van der Waals surface area contributed by atoms with Crippen LogP contribution >= 0.6 is 11.5 Å². The van der Waals surface area contributed by atoms with Gasteiger partial charge in [0.2, 0.25) is 0 Å². The van der Waals surface area contributed by atoms with Crippen molar-refractivity contribution in [2.45, 2.75) is 19.5 Å². The molecule has 0 bridgehead atoms. The Morgan fingerprint density at radius 1 is 1.08 bits per heavy atom. The molecule has 0 unspecified atom stereocenters. The summed E-state index contributed by atoms with van der Waals surface area (Å²) < 4.78 is 7.82. The van der Waals surface area contributed by atoms with Gasteiger partial charge in [0.15, 0.2) is 0 Å². The van der Waals surface area contributed by atoms with E-state index in [1.165, 1.54) is 11.5 Å². The summed E-state index contributed by atoms with van der Waals surface area (Å²) in [5.74, 6) is 0. The van der Waals surface area contributed by atoms with Crippen molar-refractivity contribution in [1.29, 1.82) is 0 Å². The molecule has 0 aliphatic rings. The third-order valence-electron chi connectivity index (χ3n) is 3.57. The predicted molar refractivity (Wildman–Crippen MR) is 95.3 cm³/mol. The number of nitrogens with zero attached hydrogens (tertiary/aromatic N) is 1. The van der Waals surface area contributed by atoms with Crippen LogP contribution in [0.15, 0.2) is 59.4 Å². The Balaban J connectivity index is 1.42. The number of ether oxygens (including phenoxy) is 1. The second-order valence-electron chi connectivity index (χ2n) is 5.32. The first-order valence-electron chi connectivity index (χ1n) is 7.77. The lowest BCUT2D eigenvalue weighted by Gasteiger charge is -2.07. The molecule has 3 rings (SSSR count). The number of rotatable bonds is 6. The van der Waals surface area contributed by atoms with E-state index in [0.29, 0.717) is 19.5 Å². The van der Waals surface area contributed by atoms with Crippen LogP contribution < -0.4 is 10.9 Å². The van der Waals surface area contributed by atoms with Crippen LogP contribution in [0.4, 0.5) is 4.79 Å². The van der Waals surface area contributed by atoms with Gasteiger partial charge in [-0.15, -0.1) is 0 Å². The fourth-order valence-electron chi connectivity index (χ4n) is 2.36. The van der Waals surface area contributed by atoms with Crippen LogP contribution in [-0.4, -0.2) is 16.7 Å². The summed E-state index contributed by atoms with van der Waals surface area (Å²) in [6, 6.07) is 17.2. The molecule has 0 fully saturated rings. The summed E-state index contributed by atoms with van der Waals surface area (Å²) in [7, 11) is 0. The molecule has 6 heteroatoms. The number of fused-ring (bicyclic) bond motifs is 1. The van der Waals surface area contributed by atoms with Gasteiger partial charge in [0.1, 0.15) is 0 Å². The molecule has 0 saturated carbocycles. The molecule has 1 aromatic heterocycles. The van der Waals surface area contributed by atoms with Crippen LogP contribution in [0, 0.1) is 0 Å². The van der Waals surface area contributed by atoms with Crippen molar-refractivity contribution in [3.8, 4) is 0 Å². The molecule has 124 valence electrons. The van der Waals surface area contributed by atoms with Gasteiger partial charge in [0, 0.05) is 19.5 Å². The first-order valence-corrected chi connectivity index (χ1v) is 8.55. The molecule has 1 N–H and O–H groups in total. The van der Waals surface area contributed by atoms with Crippen molar-refractivity contribution in [3.05, 3.63) is 70.5 Å². The lowest BCUT2D eigenvalue weighted by atomic mass is 10.2. The normalized spacial score (nSPS) is 10.7. The summed E-state index contributed by atoms with van der Waals surface area (Å²) in [6.07, 6.45) is 0.161. The van der Waals surface area contributed by atoms with Crippen LogP contribution in [0.2, 0.25) is 0 Å². The quantitative estimate of drug-likeness (QED) is 0.699. The van der Waals surface area contributed by atoms with Gasteiger partial charge in [-0.25, -0.2) is 4.79 Å². The van der Waals surface area contributed by atoms with Gasteiger partial charge >= 0.3 is 6.09 Å². The number of aromatic nitrogens is 1. The largest absolute Gasteiger partial charge is 0.449 e. The molecule has 0 spiro atoms. The number of hydrogen-bond donors (Lipinski definition) is 1. The number of nitrogens with one attached hydrogen (secondary N) is 1. The average molecular weight is 342 g/mol. The van der Waals surface area contributed by atoms with Crippen LogP contribution in [-0.2, 0) is 17.8 Å². The molecule has 3 aromatic rings. The number of carbonyl (C=O) groups is 1. The maximum absolute atomic E-state index is 12.2. The fourth-order valence-corrected chi connectivity index (χ4v) is 3.39. The first-order chi connectivity index (χ1) is 11.7. The second kappa shape index (κ2) is 7.79. The zero-order valence-electron chi connectivity index (χ0n) is 13.1. The topological polar surface area (TPSA) is 60.3 Å². The minimum atomic E-state index is -0.442. The Labute approximate surface area is 143 Å². The van der Waals surface area contributed by atoms with E-state index < -0.39 is 6.09 Å². The molecule has 1 amide bonds. The average Bonchev–Trinajstić information content (AvgIpc) is 2.94. The van der Waals surface area contributed by atoms with E-state index in [1.807, 2.05) is 54.6 Å². The Kier molecular flexibility index (Phi) is 5.28. The van der Waals surface area contributed by atoms with Gasteiger partial charge in [0.25, 0.3) is 5.56 Å². The predicted octanol–water partition coefficient (Wildman–Crippen LogP) is 3.38. The van der Waals surface area contributed by atoms with Crippen LogP contribution in [0.1, 0.15) is 12.0 Å². The lowest BCUT2D eigenvalue weighted by Crippen LogP contribution is -2.24. The molecule has 0 radical (unpaired) electrons. The number of hydrogen-bond acceptors (Lipinski definition) is 4. The van der Waals surface area contributed by atoms with Crippen LogP contribution in [0.3, 0.4) is 0 Å². The Hall–Kier alpha value is -2.60. The molecule has 5 nitrogen and oxygen atoms in total. The standard InChI is InChI=1S/C18H18N2O3S/c21-17-15-9-4-5-10-16(15)24-20(17)11-6-12-23-18(22)19-13-14-7-2-1-3-8-14/h1-5,7-10H,6,11-13H2,(H,19,22). The van der Waals surface area contributed by atoms with E-state index in [4.69, 9.17) is 4.74 Å². The lowest BCUT2D eigenvalue weighted by molar-refractivity contribution is 0.143.